The van der Waals surface area contributed by atoms with Crippen LogP contribution >= 0.6 is 0 Å². The van der Waals surface area contributed by atoms with E-state index in [0.717, 1.165) is 25.7 Å². The highest BCUT2D eigenvalue weighted by Gasteiger charge is 2.40. The fraction of sp³-hybridized carbons (Fsp3) is 0.737. The zero-order valence-electron chi connectivity index (χ0n) is 16.7. The number of nitrogens with one attached hydrogen (secondary N) is 1. The number of carbonyl (C=O) groups is 3. The van der Waals surface area contributed by atoms with Gasteiger partial charge in [0.05, 0.1) is 0 Å². The molecule has 3 amide bonds. The standard InChI is InChI=1S/C19H34N4O4/c1-5-6-7-8-9-10-14(22-18(26)27-19(2,3)4)17(25)23-12-13(20)11-15(23)16(21)24/h5,13-15H,1,6-12,20H2,2-4H3,(H2,21,24)(H,22,26)/t13-,14+,15+/m1/s1. The lowest BCUT2D eigenvalue weighted by Gasteiger charge is -2.28. The van der Waals surface area contributed by atoms with Gasteiger partial charge in [-0.15, -0.1) is 6.58 Å². The quantitative estimate of drug-likeness (QED) is 0.410. The van der Waals surface area contributed by atoms with Crippen molar-refractivity contribution < 1.29 is 19.1 Å². The van der Waals surface area contributed by atoms with Crippen molar-refractivity contribution in [2.45, 2.75) is 83.0 Å². The minimum atomic E-state index is -0.782. The summed E-state index contributed by atoms with van der Waals surface area (Å²) in [6.45, 7) is 9.19. The summed E-state index contributed by atoms with van der Waals surface area (Å²) in [7, 11) is 0. The Labute approximate surface area is 161 Å². The number of hydrogen-bond donors (Lipinski definition) is 3. The molecule has 1 aliphatic heterocycles. The fourth-order valence-corrected chi connectivity index (χ4v) is 3.10. The highest BCUT2D eigenvalue weighted by atomic mass is 16.6. The van der Waals surface area contributed by atoms with Crippen LogP contribution in [0.5, 0.6) is 0 Å². The van der Waals surface area contributed by atoms with Gasteiger partial charge in [0.15, 0.2) is 0 Å². The molecular formula is C19H34N4O4. The van der Waals surface area contributed by atoms with Crippen molar-refractivity contribution in [3.8, 4) is 0 Å². The average Bonchev–Trinajstić information content (AvgIpc) is 2.93. The van der Waals surface area contributed by atoms with E-state index in [0.29, 0.717) is 12.8 Å². The molecule has 0 unspecified atom stereocenters. The first-order valence-electron chi connectivity index (χ1n) is 9.51. The number of hydrogen-bond acceptors (Lipinski definition) is 5. The molecular weight excluding hydrogens is 348 g/mol. The number of nitrogens with zero attached hydrogens (tertiary/aromatic N) is 1. The molecule has 1 rings (SSSR count). The van der Waals surface area contributed by atoms with Crippen molar-refractivity contribution >= 4 is 17.9 Å². The molecule has 0 aromatic heterocycles. The first-order chi connectivity index (χ1) is 12.5. The molecule has 0 bridgehead atoms. The number of unbranched alkanes of at least 4 members (excludes halogenated alkanes) is 3. The second kappa shape index (κ2) is 10.3. The van der Waals surface area contributed by atoms with E-state index < -0.39 is 29.7 Å². The van der Waals surface area contributed by atoms with Crippen LogP contribution < -0.4 is 16.8 Å². The molecule has 5 N–H and O–H groups in total. The molecule has 3 atom stereocenters. The molecule has 8 nitrogen and oxygen atoms in total. The van der Waals surface area contributed by atoms with Gasteiger partial charge in [0.25, 0.3) is 0 Å². The zero-order chi connectivity index (χ0) is 20.6. The van der Waals surface area contributed by atoms with Gasteiger partial charge < -0.3 is 26.4 Å². The topological polar surface area (TPSA) is 128 Å². The Balaban J connectivity index is 2.81. The van der Waals surface area contributed by atoms with Gasteiger partial charge >= 0.3 is 6.09 Å². The summed E-state index contributed by atoms with van der Waals surface area (Å²) in [4.78, 5) is 38.2. The maximum atomic E-state index is 13.0. The summed E-state index contributed by atoms with van der Waals surface area (Å²) in [5.74, 6) is -0.931. The van der Waals surface area contributed by atoms with Crippen molar-refractivity contribution in [3.05, 3.63) is 12.7 Å². The van der Waals surface area contributed by atoms with Crippen LogP contribution in [-0.4, -0.2) is 53.1 Å². The van der Waals surface area contributed by atoms with Crippen molar-refractivity contribution in [1.29, 1.82) is 0 Å². The molecule has 0 aromatic rings. The number of likely N-dealkylation sites (tertiary alicyclic amines) is 1. The monoisotopic (exact) mass is 382 g/mol. The van der Waals surface area contributed by atoms with Crippen LogP contribution in [0.1, 0.15) is 59.3 Å². The van der Waals surface area contributed by atoms with Crippen LogP contribution in [0.4, 0.5) is 4.79 Å². The SMILES string of the molecule is C=CCCCCC[C@H](NC(=O)OC(C)(C)C)C(=O)N1C[C@H](N)C[C@H]1C(N)=O. The van der Waals surface area contributed by atoms with Crippen molar-refractivity contribution in [3.63, 3.8) is 0 Å². The highest BCUT2D eigenvalue weighted by molar-refractivity contribution is 5.91. The first-order valence-corrected chi connectivity index (χ1v) is 9.51. The number of alkyl carbamates (subject to hydrolysis) is 1. The summed E-state index contributed by atoms with van der Waals surface area (Å²) in [6, 6.07) is -1.83. The molecule has 0 saturated carbocycles. The van der Waals surface area contributed by atoms with Gasteiger partial charge in [-0.25, -0.2) is 4.79 Å². The predicted octanol–water partition coefficient (Wildman–Crippen LogP) is 1.43. The third-order valence-corrected chi connectivity index (χ3v) is 4.34. The largest absolute Gasteiger partial charge is 0.444 e. The number of ether oxygens (including phenoxy) is 1. The number of nitrogens with two attached hydrogens (primary N) is 2. The molecule has 1 fully saturated rings. The average molecular weight is 383 g/mol. The minimum absolute atomic E-state index is 0.245. The lowest BCUT2D eigenvalue weighted by Crippen LogP contribution is -2.53. The van der Waals surface area contributed by atoms with E-state index in [9.17, 15) is 14.4 Å². The molecule has 8 heteroatoms. The fourth-order valence-electron chi connectivity index (χ4n) is 3.10. The Hall–Kier alpha value is -2.09. The van der Waals surface area contributed by atoms with E-state index in [1.54, 1.807) is 20.8 Å². The van der Waals surface area contributed by atoms with Crippen molar-refractivity contribution in [2.24, 2.45) is 11.5 Å². The third-order valence-electron chi connectivity index (χ3n) is 4.34. The van der Waals surface area contributed by atoms with E-state index in [-0.39, 0.29) is 18.5 Å². The van der Waals surface area contributed by atoms with E-state index in [4.69, 9.17) is 16.2 Å². The van der Waals surface area contributed by atoms with E-state index in [2.05, 4.69) is 11.9 Å². The Morgan fingerprint density at radius 1 is 1.30 bits per heavy atom. The molecule has 1 saturated heterocycles. The number of allylic oxidation sites excluding steroid dienone is 1. The Bertz CT molecular complexity index is 544. The van der Waals surface area contributed by atoms with Crippen molar-refractivity contribution in [1.82, 2.24) is 10.2 Å². The Kier molecular flexibility index (Phi) is 8.75. The van der Waals surface area contributed by atoms with Gasteiger partial charge in [0, 0.05) is 12.6 Å². The second-order valence-corrected chi connectivity index (χ2v) is 8.03. The second-order valence-electron chi connectivity index (χ2n) is 8.03. The number of rotatable bonds is 9. The summed E-state index contributed by atoms with van der Waals surface area (Å²) in [6.07, 6.45) is 5.51. The molecule has 0 spiro atoms. The van der Waals surface area contributed by atoms with Gasteiger partial charge in [-0.05, 0) is 46.5 Å². The normalized spacial score (nSPS) is 20.8. The summed E-state index contributed by atoms with van der Waals surface area (Å²) >= 11 is 0. The highest BCUT2D eigenvalue weighted by Crippen LogP contribution is 2.19. The van der Waals surface area contributed by atoms with Gasteiger partial charge in [-0.3, -0.25) is 9.59 Å². The Morgan fingerprint density at radius 3 is 2.52 bits per heavy atom. The van der Waals surface area contributed by atoms with Crippen LogP contribution in [-0.2, 0) is 14.3 Å². The van der Waals surface area contributed by atoms with E-state index >= 15 is 0 Å². The maximum Gasteiger partial charge on any atom is 0.408 e. The smallest absolute Gasteiger partial charge is 0.408 e. The lowest BCUT2D eigenvalue weighted by molar-refractivity contribution is -0.139. The van der Waals surface area contributed by atoms with E-state index in [1.165, 1.54) is 4.90 Å². The van der Waals surface area contributed by atoms with Gasteiger partial charge in [0.1, 0.15) is 17.7 Å². The van der Waals surface area contributed by atoms with Crippen LogP contribution in [0.15, 0.2) is 12.7 Å². The summed E-state index contributed by atoms with van der Waals surface area (Å²) in [5.41, 5.74) is 10.7. The van der Waals surface area contributed by atoms with Crippen LogP contribution in [0.3, 0.4) is 0 Å². The molecule has 154 valence electrons. The first kappa shape index (κ1) is 23.0. The molecule has 1 aliphatic rings. The van der Waals surface area contributed by atoms with Crippen LogP contribution in [0.25, 0.3) is 0 Å². The van der Waals surface area contributed by atoms with Gasteiger partial charge in [0.2, 0.25) is 11.8 Å². The maximum absolute atomic E-state index is 13.0. The van der Waals surface area contributed by atoms with E-state index in [1.807, 2.05) is 6.08 Å². The lowest BCUT2D eigenvalue weighted by atomic mass is 10.1. The summed E-state index contributed by atoms with van der Waals surface area (Å²) in [5, 5.41) is 2.65. The Morgan fingerprint density at radius 2 is 1.96 bits per heavy atom. The molecule has 0 aliphatic carbocycles. The zero-order valence-corrected chi connectivity index (χ0v) is 16.7. The minimum Gasteiger partial charge on any atom is -0.444 e. The molecule has 1 heterocycles. The number of amides is 3. The molecule has 0 radical (unpaired) electrons. The number of primary amides is 1. The van der Waals surface area contributed by atoms with Gasteiger partial charge in [-0.1, -0.05) is 18.9 Å². The van der Waals surface area contributed by atoms with Crippen molar-refractivity contribution in [2.75, 3.05) is 6.54 Å². The predicted molar refractivity (Wildman–Crippen MR) is 104 cm³/mol. The van der Waals surface area contributed by atoms with Crippen LogP contribution in [0.2, 0.25) is 0 Å². The van der Waals surface area contributed by atoms with Crippen LogP contribution in [0, 0.1) is 0 Å². The summed E-state index contributed by atoms with van der Waals surface area (Å²) < 4.78 is 5.27. The molecule has 0 aromatic carbocycles. The number of carbonyl (C=O) groups excluding carboxylic acids is 3. The third kappa shape index (κ3) is 7.99. The van der Waals surface area contributed by atoms with Gasteiger partial charge in [-0.2, -0.15) is 0 Å². The molecule has 27 heavy (non-hydrogen) atoms.